The third-order valence-corrected chi connectivity index (χ3v) is 3.05. The predicted octanol–water partition coefficient (Wildman–Crippen LogP) is 3.21. The molecule has 0 spiro atoms. The van der Waals surface area contributed by atoms with E-state index in [0.717, 1.165) is 6.42 Å². The van der Waals surface area contributed by atoms with E-state index in [4.69, 9.17) is 26.2 Å². The Balaban J connectivity index is 2.06. The molecule has 0 unspecified atom stereocenters. The Kier molecular flexibility index (Phi) is 5.35. The Hall–Kier alpha value is -1.62. The Morgan fingerprint density at radius 1 is 1.20 bits per heavy atom. The lowest BCUT2D eigenvalue weighted by atomic mass is 10.1. The Morgan fingerprint density at radius 2 is 1.95 bits per heavy atom. The maximum absolute atomic E-state index is 8.99. The molecule has 20 heavy (non-hydrogen) atoms. The number of hydrogen-bond acceptors (Lipinski definition) is 4. The van der Waals surface area contributed by atoms with Gasteiger partial charge in [-0.3, -0.25) is 0 Å². The lowest BCUT2D eigenvalue weighted by Gasteiger charge is -2.08. The van der Waals surface area contributed by atoms with E-state index in [0.29, 0.717) is 28.8 Å². The summed E-state index contributed by atoms with van der Waals surface area (Å²) in [6.45, 7) is 0.595. The highest BCUT2D eigenvalue weighted by atomic mass is 35.5. The molecule has 0 atom stereocenters. The SMILES string of the molecule is COCCc1ccc(Oc2ncc(CO)cc2Cl)cc1. The van der Waals surface area contributed by atoms with Crippen LogP contribution in [0.1, 0.15) is 11.1 Å². The lowest BCUT2D eigenvalue weighted by Crippen LogP contribution is -1.95. The summed E-state index contributed by atoms with van der Waals surface area (Å²) in [6, 6.07) is 9.32. The fraction of sp³-hybridized carbons (Fsp3) is 0.267. The van der Waals surface area contributed by atoms with Crippen LogP contribution >= 0.6 is 11.6 Å². The molecule has 0 saturated carbocycles. The van der Waals surface area contributed by atoms with Crippen LogP contribution in [0.3, 0.4) is 0 Å². The molecule has 4 nitrogen and oxygen atoms in total. The van der Waals surface area contributed by atoms with Crippen molar-refractivity contribution in [2.45, 2.75) is 13.0 Å². The lowest BCUT2D eigenvalue weighted by molar-refractivity contribution is 0.202. The van der Waals surface area contributed by atoms with Crippen molar-refractivity contribution in [2.24, 2.45) is 0 Å². The largest absolute Gasteiger partial charge is 0.438 e. The van der Waals surface area contributed by atoms with Crippen molar-refractivity contribution in [3.8, 4) is 11.6 Å². The van der Waals surface area contributed by atoms with Crippen LogP contribution < -0.4 is 4.74 Å². The molecule has 0 amide bonds. The van der Waals surface area contributed by atoms with E-state index in [2.05, 4.69) is 4.98 Å². The first-order valence-corrected chi connectivity index (χ1v) is 6.61. The van der Waals surface area contributed by atoms with E-state index in [1.165, 1.54) is 11.8 Å². The highest BCUT2D eigenvalue weighted by Crippen LogP contribution is 2.27. The van der Waals surface area contributed by atoms with Gasteiger partial charge in [0.15, 0.2) is 0 Å². The van der Waals surface area contributed by atoms with Crippen LogP contribution in [-0.2, 0) is 17.8 Å². The van der Waals surface area contributed by atoms with Gasteiger partial charge in [0.2, 0.25) is 5.88 Å². The molecule has 0 aliphatic heterocycles. The van der Waals surface area contributed by atoms with Gasteiger partial charge < -0.3 is 14.6 Å². The quantitative estimate of drug-likeness (QED) is 0.888. The van der Waals surface area contributed by atoms with Crippen molar-refractivity contribution < 1.29 is 14.6 Å². The zero-order valence-corrected chi connectivity index (χ0v) is 11.9. The van der Waals surface area contributed by atoms with Crippen molar-refractivity contribution in [3.05, 3.63) is 52.7 Å². The third-order valence-electron chi connectivity index (χ3n) is 2.78. The van der Waals surface area contributed by atoms with Crippen molar-refractivity contribution in [3.63, 3.8) is 0 Å². The minimum Gasteiger partial charge on any atom is -0.438 e. The van der Waals surface area contributed by atoms with Crippen LogP contribution in [0.15, 0.2) is 36.5 Å². The van der Waals surface area contributed by atoms with Gasteiger partial charge in [0, 0.05) is 13.3 Å². The van der Waals surface area contributed by atoms with Crippen molar-refractivity contribution in [2.75, 3.05) is 13.7 Å². The summed E-state index contributed by atoms with van der Waals surface area (Å²) in [7, 11) is 1.68. The van der Waals surface area contributed by atoms with Crippen LogP contribution in [0.2, 0.25) is 5.02 Å². The van der Waals surface area contributed by atoms with E-state index in [1.54, 1.807) is 13.2 Å². The topological polar surface area (TPSA) is 51.6 Å². The molecule has 1 N–H and O–H groups in total. The van der Waals surface area contributed by atoms with Crippen LogP contribution in [0.4, 0.5) is 0 Å². The van der Waals surface area contributed by atoms with Gasteiger partial charge in [0.05, 0.1) is 13.2 Å². The fourth-order valence-electron chi connectivity index (χ4n) is 1.68. The first kappa shape index (κ1) is 14.8. The number of benzene rings is 1. The number of aliphatic hydroxyl groups is 1. The second kappa shape index (κ2) is 7.24. The molecule has 2 aromatic rings. The molecule has 1 aromatic heterocycles. The van der Waals surface area contributed by atoms with Crippen molar-refractivity contribution in [1.82, 2.24) is 4.98 Å². The standard InChI is InChI=1S/C15H16ClNO3/c1-19-7-6-11-2-4-13(5-3-11)20-15-14(16)8-12(10-18)9-17-15/h2-5,8-9,18H,6-7,10H2,1H3. The van der Waals surface area contributed by atoms with Crippen LogP contribution in [0.5, 0.6) is 11.6 Å². The normalized spacial score (nSPS) is 10.6. The maximum atomic E-state index is 8.99. The molecular formula is C15H16ClNO3. The van der Waals surface area contributed by atoms with Gasteiger partial charge in [-0.1, -0.05) is 23.7 Å². The minimum absolute atomic E-state index is 0.0960. The summed E-state index contributed by atoms with van der Waals surface area (Å²) < 4.78 is 10.6. The number of aliphatic hydroxyl groups excluding tert-OH is 1. The number of pyridine rings is 1. The summed E-state index contributed by atoms with van der Waals surface area (Å²) in [5.41, 5.74) is 1.83. The molecule has 1 aromatic carbocycles. The minimum atomic E-state index is -0.0960. The van der Waals surface area contributed by atoms with Crippen LogP contribution in [0, 0.1) is 0 Å². The third kappa shape index (κ3) is 3.93. The average molecular weight is 294 g/mol. The molecule has 5 heteroatoms. The predicted molar refractivity (Wildman–Crippen MR) is 77.3 cm³/mol. The summed E-state index contributed by atoms with van der Waals surface area (Å²) in [5.74, 6) is 0.992. The zero-order chi connectivity index (χ0) is 14.4. The smallest absolute Gasteiger partial charge is 0.238 e. The number of aromatic nitrogens is 1. The van der Waals surface area contributed by atoms with E-state index in [9.17, 15) is 0 Å². The van der Waals surface area contributed by atoms with Gasteiger partial charge in [-0.05, 0) is 35.7 Å². The molecule has 0 fully saturated rings. The van der Waals surface area contributed by atoms with Gasteiger partial charge >= 0.3 is 0 Å². The van der Waals surface area contributed by atoms with Crippen LogP contribution in [0.25, 0.3) is 0 Å². The molecule has 106 valence electrons. The Morgan fingerprint density at radius 3 is 2.55 bits per heavy atom. The van der Waals surface area contributed by atoms with Crippen LogP contribution in [-0.4, -0.2) is 23.8 Å². The zero-order valence-electron chi connectivity index (χ0n) is 11.2. The monoisotopic (exact) mass is 293 g/mol. The van der Waals surface area contributed by atoms with Crippen molar-refractivity contribution >= 4 is 11.6 Å². The van der Waals surface area contributed by atoms with Gasteiger partial charge in [-0.25, -0.2) is 4.98 Å². The number of rotatable bonds is 6. The number of halogens is 1. The second-order valence-corrected chi connectivity index (χ2v) is 4.68. The van der Waals surface area contributed by atoms with Gasteiger partial charge in [-0.15, -0.1) is 0 Å². The first-order chi connectivity index (χ1) is 9.72. The second-order valence-electron chi connectivity index (χ2n) is 4.28. The van der Waals surface area contributed by atoms with E-state index in [1.807, 2.05) is 24.3 Å². The average Bonchev–Trinajstić information content (AvgIpc) is 2.48. The highest BCUT2D eigenvalue weighted by Gasteiger charge is 2.06. The van der Waals surface area contributed by atoms with Crippen molar-refractivity contribution in [1.29, 1.82) is 0 Å². The molecule has 0 aliphatic rings. The molecule has 2 rings (SSSR count). The van der Waals surface area contributed by atoms with Gasteiger partial charge in [0.25, 0.3) is 0 Å². The number of nitrogens with zero attached hydrogens (tertiary/aromatic N) is 1. The molecule has 0 radical (unpaired) electrons. The summed E-state index contributed by atoms with van der Waals surface area (Å²) in [5, 5.41) is 9.37. The van der Waals surface area contributed by atoms with Gasteiger partial charge in [0.1, 0.15) is 10.8 Å². The number of ether oxygens (including phenoxy) is 2. The molecule has 0 aliphatic carbocycles. The molecule has 0 bridgehead atoms. The molecule has 0 saturated heterocycles. The summed E-state index contributed by atoms with van der Waals surface area (Å²) in [6.07, 6.45) is 2.40. The first-order valence-electron chi connectivity index (χ1n) is 6.24. The molecular weight excluding hydrogens is 278 g/mol. The Labute approximate surface area is 122 Å². The van der Waals surface area contributed by atoms with Gasteiger partial charge in [-0.2, -0.15) is 0 Å². The summed E-state index contributed by atoms with van der Waals surface area (Å²) >= 11 is 6.04. The maximum Gasteiger partial charge on any atom is 0.238 e. The summed E-state index contributed by atoms with van der Waals surface area (Å²) in [4.78, 5) is 4.08. The molecule has 1 heterocycles. The number of methoxy groups -OCH3 is 1. The Bertz CT molecular complexity index is 558. The van der Waals surface area contributed by atoms with E-state index >= 15 is 0 Å². The fourth-order valence-corrected chi connectivity index (χ4v) is 1.91. The van der Waals surface area contributed by atoms with E-state index < -0.39 is 0 Å². The highest BCUT2D eigenvalue weighted by molar-refractivity contribution is 6.31. The van der Waals surface area contributed by atoms with E-state index in [-0.39, 0.29) is 6.61 Å². The number of hydrogen-bond donors (Lipinski definition) is 1.